The number of hydrogen-bond acceptors (Lipinski definition) is 5. The van der Waals surface area contributed by atoms with Gasteiger partial charge in [-0.1, -0.05) is 6.92 Å². The van der Waals surface area contributed by atoms with Gasteiger partial charge in [0.2, 0.25) is 0 Å². The molecule has 0 aliphatic carbocycles. The molecule has 1 unspecified atom stereocenters. The van der Waals surface area contributed by atoms with Gasteiger partial charge in [-0.05, 0) is 44.0 Å². The van der Waals surface area contributed by atoms with Crippen LogP contribution in [0.1, 0.15) is 37.6 Å². The molecular formula is C19H22N4O. The SMILES string of the molecule is CCNc1cc2cnc(-c3cnc(C(O)CC)cc3C)cc2cn1. The minimum Gasteiger partial charge on any atom is -0.387 e. The number of fused-ring (bicyclic) bond motifs is 1. The van der Waals surface area contributed by atoms with Crippen molar-refractivity contribution in [3.05, 3.63) is 48.0 Å². The van der Waals surface area contributed by atoms with Gasteiger partial charge in [0.05, 0.1) is 17.5 Å². The Balaban J connectivity index is 1.98. The molecule has 0 aliphatic rings. The normalized spacial score (nSPS) is 12.3. The van der Waals surface area contributed by atoms with Crippen molar-refractivity contribution in [2.45, 2.75) is 33.3 Å². The first kappa shape index (κ1) is 16.3. The molecule has 3 aromatic rings. The Bertz CT molecular complexity index is 863. The lowest BCUT2D eigenvalue weighted by atomic mass is 10.0. The van der Waals surface area contributed by atoms with Crippen LogP contribution < -0.4 is 5.32 Å². The standard InChI is InChI=1S/C19H22N4O/c1-4-18(24)17-6-12(3)15(11-22-17)16-7-13-10-23-19(20-5-2)8-14(13)9-21-16/h6-11,18,24H,4-5H2,1-3H3,(H,20,23). The Morgan fingerprint density at radius 1 is 1.00 bits per heavy atom. The predicted octanol–water partition coefficient (Wildman–Crippen LogP) is 3.88. The molecule has 1 atom stereocenters. The molecule has 0 spiro atoms. The summed E-state index contributed by atoms with van der Waals surface area (Å²) in [5.74, 6) is 0.857. The van der Waals surface area contributed by atoms with Crippen LogP contribution in [0, 0.1) is 6.92 Å². The van der Waals surface area contributed by atoms with E-state index in [0.717, 1.165) is 40.0 Å². The van der Waals surface area contributed by atoms with E-state index in [9.17, 15) is 5.11 Å². The van der Waals surface area contributed by atoms with Gasteiger partial charge < -0.3 is 10.4 Å². The quantitative estimate of drug-likeness (QED) is 0.746. The highest BCUT2D eigenvalue weighted by molar-refractivity contribution is 5.86. The summed E-state index contributed by atoms with van der Waals surface area (Å²) >= 11 is 0. The van der Waals surface area contributed by atoms with Crippen LogP contribution in [0.25, 0.3) is 22.0 Å². The van der Waals surface area contributed by atoms with Crippen LogP contribution in [-0.4, -0.2) is 26.6 Å². The molecular weight excluding hydrogens is 300 g/mol. The zero-order valence-corrected chi connectivity index (χ0v) is 14.2. The molecule has 5 heteroatoms. The van der Waals surface area contributed by atoms with E-state index in [1.165, 1.54) is 0 Å². The van der Waals surface area contributed by atoms with Crippen LogP contribution in [0.15, 0.2) is 36.8 Å². The second kappa shape index (κ2) is 6.93. The van der Waals surface area contributed by atoms with E-state index in [4.69, 9.17) is 0 Å². The second-order valence-corrected chi connectivity index (χ2v) is 5.86. The molecule has 0 saturated carbocycles. The monoisotopic (exact) mass is 322 g/mol. The summed E-state index contributed by atoms with van der Waals surface area (Å²) in [6, 6.07) is 5.96. The molecule has 3 rings (SSSR count). The van der Waals surface area contributed by atoms with E-state index in [2.05, 4.69) is 20.3 Å². The molecule has 0 fully saturated rings. The molecule has 3 aromatic heterocycles. The second-order valence-electron chi connectivity index (χ2n) is 5.86. The molecule has 24 heavy (non-hydrogen) atoms. The molecule has 0 radical (unpaired) electrons. The lowest BCUT2D eigenvalue weighted by Gasteiger charge is -2.11. The minimum absolute atomic E-state index is 0.518. The van der Waals surface area contributed by atoms with Crippen molar-refractivity contribution in [1.29, 1.82) is 0 Å². The van der Waals surface area contributed by atoms with E-state index in [1.54, 1.807) is 6.20 Å². The summed E-state index contributed by atoms with van der Waals surface area (Å²) in [5, 5.41) is 15.2. The Kier molecular flexibility index (Phi) is 4.71. The van der Waals surface area contributed by atoms with Crippen LogP contribution in [-0.2, 0) is 0 Å². The fourth-order valence-electron chi connectivity index (χ4n) is 2.70. The lowest BCUT2D eigenvalue weighted by Crippen LogP contribution is -2.01. The average Bonchev–Trinajstić information content (AvgIpc) is 2.61. The van der Waals surface area contributed by atoms with E-state index in [0.29, 0.717) is 12.1 Å². The van der Waals surface area contributed by atoms with E-state index >= 15 is 0 Å². The number of aromatic nitrogens is 3. The van der Waals surface area contributed by atoms with Gasteiger partial charge in [0, 0.05) is 41.5 Å². The Hall–Kier alpha value is -2.53. The molecule has 0 aromatic carbocycles. The topological polar surface area (TPSA) is 70.9 Å². The van der Waals surface area contributed by atoms with Crippen molar-refractivity contribution in [2.75, 3.05) is 11.9 Å². The molecule has 0 saturated heterocycles. The smallest absolute Gasteiger partial charge is 0.126 e. The minimum atomic E-state index is -0.518. The number of anilines is 1. The number of nitrogens with zero attached hydrogens (tertiary/aromatic N) is 3. The van der Waals surface area contributed by atoms with Gasteiger partial charge >= 0.3 is 0 Å². The molecule has 0 bridgehead atoms. The summed E-state index contributed by atoms with van der Waals surface area (Å²) in [4.78, 5) is 13.4. The van der Waals surface area contributed by atoms with Crippen molar-refractivity contribution in [3.63, 3.8) is 0 Å². The third-order valence-corrected chi connectivity index (χ3v) is 4.10. The Morgan fingerprint density at radius 3 is 2.46 bits per heavy atom. The zero-order valence-electron chi connectivity index (χ0n) is 14.2. The number of hydrogen-bond donors (Lipinski definition) is 2. The Morgan fingerprint density at radius 2 is 1.75 bits per heavy atom. The highest BCUT2D eigenvalue weighted by Gasteiger charge is 2.11. The summed E-state index contributed by atoms with van der Waals surface area (Å²) < 4.78 is 0. The van der Waals surface area contributed by atoms with Crippen molar-refractivity contribution in [3.8, 4) is 11.3 Å². The lowest BCUT2D eigenvalue weighted by molar-refractivity contribution is 0.169. The van der Waals surface area contributed by atoms with Crippen LogP contribution in [0.5, 0.6) is 0 Å². The zero-order chi connectivity index (χ0) is 17.1. The largest absolute Gasteiger partial charge is 0.387 e. The number of nitrogens with one attached hydrogen (secondary N) is 1. The van der Waals surface area contributed by atoms with Gasteiger partial charge in [-0.3, -0.25) is 9.97 Å². The summed E-state index contributed by atoms with van der Waals surface area (Å²) in [7, 11) is 0. The third kappa shape index (κ3) is 3.21. The number of aliphatic hydroxyl groups excluding tert-OH is 1. The van der Waals surface area contributed by atoms with E-state index < -0.39 is 6.10 Å². The first-order valence-electron chi connectivity index (χ1n) is 8.27. The van der Waals surface area contributed by atoms with Crippen LogP contribution >= 0.6 is 0 Å². The van der Waals surface area contributed by atoms with Crippen LogP contribution in [0.3, 0.4) is 0 Å². The van der Waals surface area contributed by atoms with Gasteiger partial charge in [-0.25, -0.2) is 4.98 Å². The van der Waals surface area contributed by atoms with Crippen molar-refractivity contribution in [1.82, 2.24) is 15.0 Å². The van der Waals surface area contributed by atoms with Crippen molar-refractivity contribution >= 4 is 16.6 Å². The fourth-order valence-corrected chi connectivity index (χ4v) is 2.70. The highest BCUT2D eigenvalue weighted by atomic mass is 16.3. The first-order chi connectivity index (χ1) is 11.6. The summed E-state index contributed by atoms with van der Waals surface area (Å²) in [6.07, 6.45) is 5.64. The maximum absolute atomic E-state index is 9.93. The predicted molar refractivity (Wildman–Crippen MR) is 96.9 cm³/mol. The van der Waals surface area contributed by atoms with E-state index in [-0.39, 0.29) is 0 Å². The van der Waals surface area contributed by atoms with Gasteiger partial charge in [0.25, 0.3) is 0 Å². The number of aryl methyl sites for hydroxylation is 1. The number of aliphatic hydroxyl groups is 1. The van der Waals surface area contributed by atoms with Gasteiger partial charge in [-0.15, -0.1) is 0 Å². The molecule has 5 nitrogen and oxygen atoms in total. The molecule has 0 amide bonds. The highest BCUT2D eigenvalue weighted by Crippen LogP contribution is 2.26. The van der Waals surface area contributed by atoms with Crippen molar-refractivity contribution in [2.24, 2.45) is 0 Å². The molecule has 2 N–H and O–H groups in total. The maximum Gasteiger partial charge on any atom is 0.126 e. The molecule has 3 heterocycles. The van der Waals surface area contributed by atoms with Gasteiger partial charge in [0.15, 0.2) is 0 Å². The van der Waals surface area contributed by atoms with Crippen LogP contribution in [0.4, 0.5) is 5.82 Å². The van der Waals surface area contributed by atoms with Crippen LogP contribution in [0.2, 0.25) is 0 Å². The number of rotatable bonds is 5. The Labute approximate surface area is 141 Å². The fraction of sp³-hybridized carbons (Fsp3) is 0.316. The van der Waals surface area contributed by atoms with E-state index in [1.807, 2.05) is 51.4 Å². The maximum atomic E-state index is 9.93. The average molecular weight is 322 g/mol. The van der Waals surface area contributed by atoms with Gasteiger partial charge in [-0.2, -0.15) is 0 Å². The van der Waals surface area contributed by atoms with Crippen molar-refractivity contribution < 1.29 is 5.11 Å². The number of pyridine rings is 3. The molecule has 124 valence electrons. The van der Waals surface area contributed by atoms with Gasteiger partial charge in [0.1, 0.15) is 5.82 Å². The third-order valence-electron chi connectivity index (χ3n) is 4.10. The summed E-state index contributed by atoms with van der Waals surface area (Å²) in [6.45, 7) is 6.84. The first-order valence-corrected chi connectivity index (χ1v) is 8.27. The summed E-state index contributed by atoms with van der Waals surface area (Å²) in [5.41, 5.74) is 3.59. The molecule has 0 aliphatic heterocycles.